The second kappa shape index (κ2) is 6.65. The van der Waals surface area contributed by atoms with Crippen molar-refractivity contribution in [3.05, 3.63) is 35.9 Å². The minimum atomic E-state index is -2.47. The quantitative estimate of drug-likeness (QED) is 0.926. The summed E-state index contributed by atoms with van der Waals surface area (Å²) in [5.74, 6) is -0.872. The molecule has 1 heterocycles. The Morgan fingerprint density at radius 3 is 2.70 bits per heavy atom. The molecule has 1 aliphatic rings. The van der Waals surface area contributed by atoms with Gasteiger partial charge in [0, 0.05) is 25.0 Å². The van der Waals surface area contributed by atoms with Gasteiger partial charge in [0.05, 0.1) is 0 Å². The highest BCUT2D eigenvalue weighted by Gasteiger charge is 2.33. The number of halogens is 2. The van der Waals surface area contributed by atoms with E-state index in [9.17, 15) is 13.6 Å². The maximum absolute atomic E-state index is 12.7. The number of piperidine rings is 1. The van der Waals surface area contributed by atoms with E-state index in [-0.39, 0.29) is 26.1 Å². The Labute approximate surface area is 116 Å². The average molecular weight is 284 g/mol. The highest BCUT2D eigenvalue weighted by Crippen LogP contribution is 2.22. The summed E-state index contributed by atoms with van der Waals surface area (Å²) in [7, 11) is 0. The summed E-state index contributed by atoms with van der Waals surface area (Å²) in [6, 6.07) is 8.78. The Kier molecular flexibility index (Phi) is 4.89. The Balaban J connectivity index is 1.88. The van der Waals surface area contributed by atoms with Crippen LogP contribution in [0, 0.1) is 5.92 Å². The molecule has 1 aliphatic heterocycles. The van der Waals surface area contributed by atoms with Gasteiger partial charge in [-0.2, -0.15) is 0 Å². The molecule has 1 saturated heterocycles. The molecule has 2 rings (SSSR count). The molecular weight excluding hydrogens is 266 g/mol. The molecule has 20 heavy (non-hydrogen) atoms. The first kappa shape index (κ1) is 14.7. The van der Waals surface area contributed by atoms with E-state index in [0.29, 0.717) is 0 Å². The molecule has 1 aromatic carbocycles. The first-order valence-electron chi connectivity index (χ1n) is 6.55. The summed E-state index contributed by atoms with van der Waals surface area (Å²) >= 11 is 0. The van der Waals surface area contributed by atoms with E-state index in [1.165, 1.54) is 4.90 Å². The molecular formula is C14H18F2N2O2. The van der Waals surface area contributed by atoms with E-state index in [1.807, 2.05) is 30.3 Å². The number of ether oxygens (including phenoxy) is 1. The van der Waals surface area contributed by atoms with Crippen LogP contribution in [0.3, 0.4) is 0 Å². The SMILES string of the molecule is NC1CC(C(F)F)CN(C(=O)OCc2ccccc2)C1. The second-order valence-electron chi connectivity index (χ2n) is 5.04. The van der Waals surface area contributed by atoms with Crippen molar-refractivity contribution in [3.63, 3.8) is 0 Å². The molecule has 4 nitrogen and oxygen atoms in total. The Hall–Kier alpha value is -1.69. The molecule has 110 valence electrons. The van der Waals surface area contributed by atoms with Crippen LogP contribution in [-0.4, -0.2) is 36.5 Å². The summed E-state index contributed by atoms with van der Waals surface area (Å²) < 4.78 is 30.6. The van der Waals surface area contributed by atoms with Crippen LogP contribution in [0.5, 0.6) is 0 Å². The lowest BCUT2D eigenvalue weighted by molar-refractivity contribution is 0.0154. The molecule has 6 heteroatoms. The molecule has 2 atom stereocenters. The van der Waals surface area contributed by atoms with Crippen molar-refractivity contribution < 1.29 is 18.3 Å². The first-order valence-corrected chi connectivity index (χ1v) is 6.55. The number of nitrogens with two attached hydrogens (primary N) is 1. The van der Waals surface area contributed by atoms with Crippen LogP contribution >= 0.6 is 0 Å². The molecule has 1 amide bonds. The van der Waals surface area contributed by atoms with Crippen LogP contribution in [0.2, 0.25) is 0 Å². The monoisotopic (exact) mass is 284 g/mol. The summed E-state index contributed by atoms with van der Waals surface area (Å²) in [6.07, 6.45) is -2.82. The van der Waals surface area contributed by atoms with Crippen molar-refractivity contribution in [2.75, 3.05) is 13.1 Å². The molecule has 0 radical (unpaired) electrons. The van der Waals surface area contributed by atoms with Crippen LogP contribution < -0.4 is 5.73 Å². The second-order valence-corrected chi connectivity index (χ2v) is 5.04. The molecule has 2 N–H and O–H groups in total. The van der Waals surface area contributed by atoms with Crippen LogP contribution in [-0.2, 0) is 11.3 Å². The van der Waals surface area contributed by atoms with E-state index in [0.717, 1.165) is 5.56 Å². The topological polar surface area (TPSA) is 55.6 Å². The van der Waals surface area contributed by atoms with E-state index in [2.05, 4.69) is 0 Å². The van der Waals surface area contributed by atoms with Gasteiger partial charge in [-0.15, -0.1) is 0 Å². The van der Waals surface area contributed by atoms with Crippen LogP contribution in [0.15, 0.2) is 30.3 Å². The van der Waals surface area contributed by atoms with Crippen molar-refractivity contribution in [1.82, 2.24) is 4.90 Å². The number of hydrogen-bond acceptors (Lipinski definition) is 3. The van der Waals surface area contributed by atoms with E-state index in [4.69, 9.17) is 10.5 Å². The predicted molar refractivity (Wildman–Crippen MR) is 70.3 cm³/mol. The van der Waals surface area contributed by atoms with Crippen LogP contribution in [0.1, 0.15) is 12.0 Å². The molecule has 0 saturated carbocycles. The van der Waals surface area contributed by atoms with Gasteiger partial charge in [-0.1, -0.05) is 30.3 Å². The number of likely N-dealkylation sites (tertiary alicyclic amines) is 1. The maximum atomic E-state index is 12.7. The Bertz CT molecular complexity index is 442. The number of hydrogen-bond donors (Lipinski definition) is 1. The lowest BCUT2D eigenvalue weighted by Crippen LogP contribution is -2.51. The third-order valence-electron chi connectivity index (χ3n) is 3.33. The number of carbonyl (C=O) groups is 1. The fraction of sp³-hybridized carbons (Fsp3) is 0.500. The smallest absolute Gasteiger partial charge is 0.410 e. The third kappa shape index (κ3) is 3.90. The van der Waals surface area contributed by atoms with Crippen molar-refractivity contribution >= 4 is 6.09 Å². The van der Waals surface area contributed by atoms with E-state index in [1.54, 1.807) is 0 Å². The molecule has 0 aromatic heterocycles. The zero-order chi connectivity index (χ0) is 14.5. The molecule has 0 spiro atoms. The van der Waals surface area contributed by atoms with Gasteiger partial charge in [-0.25, -0.2) is 13.6 Å². The minimum absolute atomic E-state index is 0.00100. The number of alkyl halides is 2. The van der Waals surface area contributed by atoms with Crippen molar-refractivity contribution in [1.29, 1.82) is 0 Å². The van der Waals surface area contributed by atoms with Crippen LogP contribution in [0.25, 0.3) is 0 Å². The summed E-state index contributed by atoms with van der Waals surface area (Å²) in [5.41, 5.74) is 6.57. The molecule has 1 aromatic rings. The number of carbonyl (C=O) groups excluding carboxylic acids is 1. The van der Waals surface area contributed by atoms with Crippen molar-refractivity contribution in [3.8, 4) is 0 Å². The number of nitrogens with zero attached hydrogens (tertiary/aromatic N) is 1. The highest BCUT2D eigenvalue weighted by atomic mass is 19.3. The molecule has 0 bridgehead atoms. The van der Waals surface area contributed by atoms with Gasteiger partial charge in [-0.3, -0.25) is 0 Å². The average Bonchev–Trinajstić information content (AvgIpc) is 2.45. The Morgan fingerprint density at radius 2 is 2.05 bits per heavy atom. The molecule has 2 unspecified atom stereocenters. The summed E-state index contributed by atoms with van der Waals surface area (Å²) in [6.45, 7) is 0.389. The fourth-order valence-corrected chi connectivity index (χ4v) is 2.32. The van der Waals surface area contributed by atoms with Crippen LogP contribution in [0.4, 0.5) is 13.6 Å². The van der Waals surface area contributed by atoms with Crippen molar-refractivity contribution in [2.45, 2.75) is 25.5 Å². The highest BCUT2D eigenvalue weighted by molar-refractivity contribution is 5.67. The van der Waals surface area contributed by atoms with E-state index >= 15 is 0 Å². The van der Waals surface area contributed by atoms with Gasteiger partial charge in [-0.05, 0) is 12.0 Å². The lowest BCUT2D eigenvalue weighted by Gasteiger charge is -2.35. The van der Waals surface area contributed by atoms with Gasteiger partial charge >= 0.3 is 6.09 Å². The Morgan fingerprint density at radius 1 is 1.35 bits per heavy atom. The van der Waals surface area contributed by atoms with Gasteiger partial charge in [0.2, 0.25) is 6.43 Å². The zero-order valence-electron chi connectivity index (χ0n) is 11.0. The van der Waals surface area contributed by atoms with Gasteiger partial charge < -0.3 is 15.4 Å². The first-order chi connectivity index (χ1) is 9.56. The molecule has 0 aliphatic carbocycles. The maximum Gasteiger partial charge on any atom is 0.410 e. The number of amides is 1. The third-order valence-corrected chi connectivity index (χ3v) is 3.33. The standard InChI is InChI=1S/C14H18F2N2O2/c15-13(16)11-6-12(17)8-18(7-11)14(19)20-9-10-4-2-1-3-5-10/h1-5,11-13H,6-9,17H2. The lowest BCUT2D eigenvalue weighted by atomic mass is 9.95. The van der Waals surface area contributed by atoms with E-state index < -0.39 is 24.5 Å². The largest absolute Gasteiger partial charge is 0.445 e. The molecule has 1 fully saturated rings. The normalized spacial score (nSPS) is 22.9. The van der Waals surface area contributed by atoms with Gasteiger partial charge in [0.15, 0.2) is 0 Å². The summed E-state index contributed by atoms with van der Waals surface area (Å²) in [5, 5.41) is 0. The van der Waals surface area contributed by atoms with Gasteiger partial charge in [0.1, 0.15) is 6.61 Å². The zero-order valence-corrected chi connectivity index (χ0v) is 11.0. The summed E-state index contributed by atoms with van der Waals surface area (Å²) in [4.78, 5) is 13.2. The van der Waals surface area contributed by atoms with Crippen molar-refractivity contribution in [2.24, 2.45) is 11.7 Å². The number of rotatable bonds is 3. The fourth-order valence-electron chi connectivity index (χ4n) is 2.32. The van der Waals surface area contributed by atoms with Gasteiger partial charge in [0.25, 0.3) is 0 Å². The number of benzene rings is 1. The minimum Gasteiger partial charge on any atom is -0.445 e. The predicted octanol–water partition coefficient (Wildman–Crippen LogP) is 2.24.